The van der Waals surface area contributed by atoms with Crippen molar-refractivity contribution in [2.75, 3.05) is 24.3 Å². The van der Waals surface area contributed by atoms with Crippen LogP contribution >= 0.6 is 0 Å². The van der Waals surface area contributed by atoms with Crippen molar-refractivity contribution in [1.29, 1.82) is 0 Å². The fraction of sp³-hybridized carbons (Fsp3) is 0.222. The number of aryl methyl sites for hydroxylation is 1. The standard InChI is InChI=1S/C18H20N4O/c1-4-23-15-8-6-14(7-9-15)22(3)18-16-11-13(19)5-10-17(16)20-12(2)21-18/h5-11H,4,19H2,1-3H3. The number of nitrogens with zero attached hydrogens (tertiary/aromatic N) is 3. The smallest absolute Gasteiger partial charge is 0.144 e. The highest BCUT2D eigenvalue weighted by Gasteiger charge is 2.12. The predicted molar refractivity (Wildman–Crippen MR) is 94.4 cm³/mol. The Morgan fingerprint density at radius 2 is 1.83 bits per heavy atom. The molecule has 3 rings (SSSR count). The van der Waals surface area contributed by atoms with E-state index in [0.717, 1.165) is 34.0 Å². The summed E-state index contributed by atoms with van der Waals surface area (Å²) in [5, 5.41) is 0.937. The van der Waals surface area contributed by atoms with E-state index in [2.05, 4.69) is 9.97 Å². The molecule has 3 aromatic rings. The molecule has 0 bridgehead atoms. The second kappa shape index (κ2) is 6.12. The van der Waals surface area contributed by atoms with Gasteiger partial charge in [-0.05, 0) is 56.3 Å². The number of anilines is 3. The molecule has 0 aliphatic rings. The summed E-state index contributed by atoms with van der Waals surface area (Å²) in [4.78, 5) is 11.1. The van der Waals surface area contributed by atoms with Crippen molar-refractivity contribution >= 4 is 28.1 Å². The van der Waals surface area contributed by atoms with Crippen LogP contribution < -0.4 is 15.4 Å². The molecule has 0 aliphatic heterocycles. The Labute approximate surface area is 135 Å². The first kappa shape index (κ1) is 15.1. The maximum atomic E-state index is 5.93. The van der Waals surface area contributed by atoms with Crippen molar-refractivity contribution in [1.82, 2.24) is 9.97 Å². The van der Waals surface area contributed by atoms with Crippen LogP contribution in [0.4, 0.5) is 17.2 Å². The number of hydrogen-bond acceptors (Lipinski definition) is 5. The molecule has 0 fully saturated rings. The number of nitrogens with two attached hydrogens (primary N) is 1. The van der Waals surface area contributed by atoms with Gasteiger partial charge in [0.05, 0.1) is 12.1 Å². The lowest BCUT2D eigenvalue weighted by molar-refractivity contribution is 0.340. The summed E-state index contributed by atoms with van der Waals surface area (Å²) in [5.74, 6) is 2.43. The van der Waals surface area contributed by atoms with Gasteiger partial charge in [0.1, 0.15) is 17.4 Å². The minimum absolute atomic E-state index is 0.657. The average molecular weight is 308 g/mol. The minimum Gasteiger partial charge on any atom is -0.494 e. The van der Waals surface area contributed by atoms with Gasteiger partial charge >= 0.3 is 0 Å². The topological polar surface area (TPSA) is 64.3 Å². The van der Waals surface area contributed by atoms with E-state index in [1.807, 2.05) is 68.3 Å². The molecule has 0 amide bonds. The van der Waals surface area contributed by atoms with Crippen LogP contribution in [-0.4, -0.2) is 23.6 Å². The lowest BCUT2D eigenvalue weighted by Gasteiger charge is -2.21. The van der Waals surface area contributed by atoms with Gasteiger partial charge in [0.15, 0.2) is 0 Å². The maximum Gasteiger partial charge on any atom is 0.144 e. The second-order valence-corrected chi connectivity index (χ2v) is 5.36. The van der Waals surface area contributed by atoms with Gasteiger partial charge < -0.3 is 15.4 Å². The Kier molecular flexibility index (Phi) is 4.02. The van der Waals surface area contributed by atoms with Gasteiger partial charge in [0, 0.05) is 23.8 Å². The van der Waals surface area contributed by atoms with E-state index in [0.29, 0.717) is 12.3 Å². The van der Waals surface area contributed by atoms with Crippen molar-refractivity contribution < 1.29 is 4.74 Å². The molecular formula is C18H20N4O. The number of ether oxygens (including phenoxy) is 1. The molecule has 5 heteroatoms. The molecule has 0 unspecified atom stereocenters. The first-order chi connectivity index (χ1) is 11.1. The van der Waals surface area contributed by atoms with E-state index in [1.165, 1.54) is 0 Å². The number of nitrogen functional groups attached to an aromatic ring is 1. The van der Waals surface area contributed by atoms with Gasteiger partial charge in [0.25, 0.3) is 0 Å². The van der Waals surface area contributed by atoms with Crippen LogP contribution in [0.25, 0.3) is 10.9 Å². The number of rotatable bonds is 4. The van der Waals surface area contributed by atoms with E-state index in [-0.39, 0.29) is 0 Å². The Morgan fingerprint density at radius 3 is 2.52 bits per heavy atom. The Balaban J connectivity index is 2.06. The molecule has 0 saturated carbocycles. The Morgan fingerprint density at radius 1 is 1.09 bits per heavy atom. The highest BCUT2D eigenvalue weighted by atomic mass is 16.5. The molecule has 0 radical (unpaired) electrons. The first-order valence-electron chi connectivity index (χ1n) is 7.59. The molecule has 1 heterocycles. The third-order valence-corrected chi connectivity index (χ3v) is 3.66. The summed E-state index contributed by atoms with van der Waals surface area (Å²) >= 11 is 0. The highest BCUT2D eigenvalue weighted by molar-refractivity contribution is 5.93. The molecular weight excluding hydrogens is 288 g/mol. The largest absolute Gasteiger partial charge is 0.494 e. The van der Waals surface area contributed by atoms with Gasteiger partial charge in [-0.1, -0.05) is 0 Å². The maximum absolute atomic E-state index is 5.93. The SMILES string of the molecule is CCOc1ccc(N(C)c2nc(C)nc3ccc(N)cc23)cc1. The van der Waals surface area contributed by atoms with Gasteiger partial charge in [0.2, 0.25) is 0 Å². The zero-order valence-corrected chi connectivity index (χ0v) is 13.6. The van der Waals surface area contributed by atoms with Crippen molar-refractivity contribution in [3.63, 3.8) is 0 Å². The molecule has 2 aromatic carbocycles. The summed E-state index contributed by atoms with van der Waals surface area (Å²) in [7, 11) is 1.99. The third-order valence-electron chi connectivity index (χ3n) is 3.66. The number of aromatic nitrogens is 2. The molecule has 2 N–H and O–H groups in total. The number of hydrogen-bond donors (Lipinski definition) is 1. The molecule has 0 spiro atoms. The molecule has 1 aromatic heterocycles. The Hall–Kier alpha value is -2.82. The van der Waals surface area contributed by atoms with E-state index < -0.39 is 0 Å². The molecule has 0 aliphatic carbocycles. The van der Waals surface area contributed by atoms with Gasteiger partial charge in [-0.2, -0.15) is 0 Å². The lowest BCUT2D eigenvalue weighted by Crippen LogP contribution is -2.13. The van der Waals surface area contributed by atoms with Crippen LogP contribution in [0.1, 0.15) is 12.7 Å². The van der Waals surface area contributed by atoms with Crippen molar-refractivity contribution in [3.05, 3.63) is 48.3 Å². The average Bonchev–Trinajstić information content (AvgIpc) is 2.55. The molecule has 0 saturated heterocycles. The fourth-order valence-electron chi connectivity index (χ4n) is 2.55. The first-order valence-corrected chi connectivity index (χ1v) is 7.59. The normalized spacial score (nSPS) is 10.7. The van der Waals surface area contributed by atoms with Crippen molar-refractivity contribution in [2.24, 2.45) is 0 Å². The van der Waals surface area contributed by atoms with E-state index in [1.54, 1.807) is 0 Å². The summed E-state index contributed by atoms with van der Waals surface area (Å²) in [5.41, 5.74) is 8.54. The minimum atomic E-state index is 0.657. The summed E-state index contributed by atoms with van der Waals surface area (Å²) in [6.45, 7) is 4.52. The predicted octanol–water partition coefficient (Wildman–Crippen LogP) is 3.69. The molecule has 23 heavy (non-hydrogen) atoms. The van der Waals surface area contributed by atoms with Crippen LogP contribution in [0.15, 0.2) is 42.5 Å². The van der Waals surface area contributed by atoms with Gasteiger partial charge in [-0.25, -0.2) is 9.97 Å². The second-order valence-electron chi connectivity index (χ2n) is 5.36. The van der Waals surface area contributed by atoms with Crippen molar-refractivity contribution in [2.45, 2.75) is 13.8 Å². The van der Waals surface area contributed by atoms with Gasteiger partial charge in [-0.3, -0.25) is 0 Å². The molecule has 118 valence electrons. The van der Waals surface area contributed by atoms with Crippen LogP contribution in [0, 0.1) is 6.92 Å². The quantitative estimate of drug-likeness (QED) is 0.745. The monoisotopic (exact) mass is 308 g/mol. The summed E-state index contributed by atoms with van der Waals surface area (Å²) in [6, 6.07) is 13.6. The van der Waals surface area contributed by atoms with E-state index >= 15 is 0 Å². The Bertz CT molecular complexity index is 830. The van der Waals surface area contributed by atoms with Crippen LogP contribution in [0.5, 0.6) is 5.75 Å². The molecule has 5 nitrogen and oxygen atoms in total. The summed E-state index contributed by atoms with van der Waals surface area (Å²) in [6.07, 6.45) is 0. The van der Waals surface area contributed by atoms with E-state index in [4.69, 9.17) is 10.5 Å². The van der Waals surface area contributed by atoms with E-state index in [9.17, 15) is 0 Å². The number of benzene rings is 2. The lowest BCUT2D eigenvalue weighted by atomic mass is 10.2. The van der Waals surface area contributed by atoms with Crippen molar-refractivity contribution in [3.8, 4) is 5.75 Å². The fourth-order valence-corrected chi connectivity index (χ4v) is 2.55. The zero-order valence-electron chi connectivity index (χ0n) is 13.6. The zero-order chi connectivity index (χ0) is 16.4. The van der Waals surface area contributed by atoms with Crippen LogP contribution in [-0.2, 0) is 0 Å². The summed E-state index contributed by atoms with van der Waals surface area (Å²) < 4.78 is 5.49. The van der Waals surface area contributed by atoms with Crippen LogP contribution in [0.3, 0.4) is 0 Å². The molecule has 0 atom stereocenters. The van der Waals surface area contributed by atoms with Gasteiger partial charge in [-0.15, -0.1) is 0 Å². The third kappa shape index (κ3) is 3.04. The van der Waals surface area contributed by atoms with Crippen LogP contribution in [0.2, 0.25) is 0 Å². The number of fused-ring (bicyclic) bond motifs is 1. The highest BCUT2D eigenvalue weighted by Crippen LogP contribution is 2.30.